The van der Waals surface area contributed by atoms with Crippen molar-refractivity contribution in [2.75, 3.05) is 20.8 Å². The van der Waals surface area contributed by atoms with Crippen molar-refractivity contribution in [2.24, 2.45) is 0 Å². The van der Waals surface area contributed by atoms with E-state index in [0.29, 0.717) is 36.8 Å². The van der Waals surface area contributed by atoms with Gasteiger partial charge in [-0.05, 0) is 18.2 Å². The van der Waals surface area contributed by atoms with Gasteiger partial charge in [0.15, 0.2) is 0 Å². The van der Waals surface area contributed by atoms with Crippen molar-refractivity contribution in [3.05, 3.63) is 57.8 Å². The third-order valence-corrected chi connectivity index (χ3v) is 5.03. The summed E-state index contributed by atoms with van der Waals surface area (Å²) in [7, 11) is 3.16. The van der Waals surface area contributed by atoms with Crippen LogP contribution in [0.4, 0.5) is 5.69 Å². The molecule has 2 heterocycles. The van der Waals surface area contributed by atoms with Crippen molar-refractivity contribution in [3.63, 3.8) is 0 Å². The van der Waals surface area contributed by atoms with Crippen molar-refractivity contribution in [2.45, 2.75) is 19.3 Å². The lowest BCUT2D eigenvalue weighted by atomic mass is 9.95. The van der Waals surface area contributed by atoms with Gasteiger partial charge in [-0.2, -0.15) is 5.10 Å². The monoisotopic (exact) mass is 384 g/mol. The Morgan fingerprint density at radius 2 is 2.00 bits per heavy atom. The maximum absolute atomic E-state index is 11.1. The number of aromatic nitrogens is 2. The molecule has 1 aliphatic rings. The molecule has 0 bridgehead atoms. The Bertz CT molecular complexity index is 1050. The van der Waals surface area contributed by atoms with E-state index in [1.54, 1.807) is 37.2 Å². The number of fused-ring (bicyclic) bond motifs is 2. The fourth-order valence-corrected chi connectivity index (χ4v) is 3.73. The molecule has 1 aliphatic heterocycles. The zero-order chi connectivity index (χ0) is 19.8. The smallest absolute Gasteiger partial charge is 0.271 e. The third-order valence-electron chi connectivity index (χ3n) is 5.03. The first-order valence-electron chi connectivity index (χ1n) is 8.76. The molecule has 0 fully saturated rings. The topological polar surface area (TPSA) is 103 Å². The number of ether oxygens (including phenoxy) is 2. The van der Waals surface area contributed by atoms with Crippen LogP contribution in [0.25, 0.3) is 10.9 Å². The second-order valence-electron chi connectivity index (χ2n) is 6.68. The van der Waals surface area contributed by atoms with Crippen molar-refractivity contribution in [1.29, 1.82) is 0 Å². The lowest BCUT2D eigenvalue weighted by Gasteiger charge is -2.33. The summed E-state index contributed by atoms with van der Waals surface area (Å²) >= 11 is 0. The Morgan fingerprint density at radius 3 is 2.71 bits per heavy atom. The van der Waals surface area contributed by atoms with Crippen LogP contribution in [-0.4, -0.2) is 45.5 Å². The van der Waals surface area contributed by atoms with Gasteiger partial charge in [0.1, 0.15) is 11.5 Å². The fourth-order valence-electron chi connectivity index (χ4n) is 3.73. The summed E-state index contributed by atoms with van der Waals surface area (Å²) in [5, 5.41) is 27.0. The van der Waals surface area contributed by atoms with E-state index in [9.17, 15) is 15.2 Å². The molecule has 0 saturated heterocycles. The standard InChI is InChI=1S/C19H20N4O5/c1-27-17-5-6-18(28-2)19-14(17)9-21(10-16(19)24)11-22-15-7-13(23(25)26)4-3-12(15)8-20-22/h3-8,16,24H,9-11H2,1-2H3/t16-/m0/s1. The number of nitro groups is 1. The molecule has 9 nitrogen and oxygen atoms in total. The highest BCUT2D eigenvalue weighted by Crippen LogP contribution is 2.39. The number of aliphatic hydroxyl groups excluding tert-OH is 1. The number of aliphatic hydroxyl groups is 1. The lowest BCUT2D eigenvalue weighted by molar-refractivity contribution is -0.384. The van der Waals surface area contributed by atoms with E-state index >= 15 is 0 Å². The summed E-state index contributed by atoms with van der Waals surface area (Å²) in [5.41, 5.74) is 2.29. The molecule has 0 radical (unpaired) electrons. The van der Waals surface area contributed by atoms with E-state index in [1.807, 2.05) is 11.0 Å². The van der Waals surface area contributed by atoms with Crippen LogP contribution in [0.3, 0.4) is 0 Å². The van der Waals surface area contributed by atoms with Gasteiger partial charge >= 0.3 is 0 Å². The van der Waals surface area contributed by atoms with Gasteiger partial charge < -0.3 is 14.6 Å². The summed E-state index contributed by atoms with van der Waals surface area (Å²) in [6.45, 7) is 1.29. The fraction of sp³-hybridized carbons (Fsp3) is 0.316. The zero-order valence-corrected chi connectivity index (χ0v) is 15.5. The minimum atomic E-state index is -0.745. The second-order valence-corrected chi connectivity index (χ2v) is 6.68. The van der Waals surface area contributed by atoms with Crippen LogP contribution < -0.4 is 9.47 Å². The number of benzene rings is 2. The Labute approximate surface area is 160 Å². The molecule has 2 aromatic carbocycles. The molecule has 28 heavy (non-hydrogen) atoms. The first-order chi connectivity index (χ1) is 13.5. The minimum Gasteiger partial charge on any atom is -0.496 e. The summed E-state index contributed by atoms with van der Waals surface area (Å²) in [5.74, 6) is 1.31. The van der Waals surface area contributed by atoms with Gasteiger partial charge in [0.2, 0.25) is 0 Å². The quantitative estimate of drug-likeness (QED) is 0.532. The molecule has 1 atom stereocenters. The number of hydrogen-bond donors (Lipinski definition) is 1. The number of β-amino-alcohol motifs (C(OH)–C–C–N with tert-alkyl or cyclic N) is 1. The third kappa shape index (κ3) is 3.04. The second kappa shape index (κ2) is 7.10. The van der Waals surface area contributed by atoms with Crippen LogP contribution in [-0.2, 0) is 13.2 Å². The van der Waals surface area contributed by atoms with Crippen LogP contribution >= 0.6 is 0 Å². The Balaban J connectivity index is 1.67. The zero-order valence-electron chi connectivity index (χ0n) is 15.5. The van der Waals surface area contributed by atoms with Crippen molar-refractivity contribution in [1.82, 2.24) is 14.7 Å². The van der Waals surface area contributed by atoms with Crippen LogP contribution in [0.1, 0.15) is 17.2 Å². The molecule has 146 valence electrons. The molecular weight excluding hydrogens is 364 g/mol. The molecular formula is C19H20N4O5. The van der Waals surface area contributed by atoms with Gasteiger partial charge in [-0.1, -0.05) is 0 Å². The first-order valence-corrected chi connectivity index (χ1v) is 8.76. The SMILES string of the molecule is COc1ccc(OC)c2c1CN(Cn1ncc3ccc([N+](=O)[O-])cc31)C[C@@H]2O. The molecule has 4 rings (SSSR count). The highest BCUT2D eigenvalue weighted by Gasteiger charge is 2.30. The van der Waals surface area contributed by atoms with E-state index < -0.39 is 11.0 Å². The molecule has 0 unspecified atom stereocenters. The molecule has 0 aliphatic carbocycles. The number of nitro benzene ring substituents is 1. The Kier molecular flexibility index (Phi) is 4.62. The van der Waals surface area contributed by atoms with Gasteiger partial charge in [0.05, 0.1) is 43.6 Å². The van der Waals surface area contributed by atoms with Crippen LogP contribution in [0.15, 0.2) is 36.5 Å². The van der Waals surface area contributed by atoms with E-state index in [4.69, 9.17) is 9.47 Å². The highest BCUT2D eigenvalue weighted by molar-refractivity contribution is 5.80. The number of non-ortho nitro benzene ring substituents is 1. The Hall–Kier alpha value is -3.17. The van der Waals surface area contributed by atoms with Crippen LogP contribution in [0, 0.1) is 10.1 Å². The van der Waals surface area contributed by atoms with E-state index in [2.05, 4.69) is 5.10 Å². The number of hydrogen-bond acceptors (Lipinski definition) is 7. The van der Waals surface area contributed by atoms with Gasteiger partial charge in [-0.25, -0.2) is 0 Å². The molecule has 0 spiro atoms. The van der Waals surface area contributed by atoms with Crippen molar-refractivity contribution >= 4 is 16.6 Å². The normalized spacial score (nSPS) is 16.8. The van der Waals surface area contributed by atoms with Gasteiger partial charge in [-0.15, -0.1) is 0 Å². The molecule has 1 aromatic heterocycles. The average Bonchev–Trinajstić information content (AvgIpc) is 3.09. The maximum atomic E-state index is 11.1. The first kappa shape index (κ1) is 18.2. The molecule has 0 amide bonds. The number of methoxy groups -OCH3 is 2. The predicted molar refractivity (Wildman–Crippen MR) is 101 cm³/mol. The summed E-state index contributed by atoms with van der Waals surface area (Å²) in [6.07, 6.45) is 0.932. The average molecular weight is 384 g/mol. The summed E-state index contributed by atoms with van der Waals surface area (Å²) in [6, 6.07) is 8.27. The minimum absolute atomic E-state index is 0.0182. The molecule has 9 heteroatoms. The van der Waals surface area contributed by atoms with E-state index in [-0.39, 0.29) is 5.69 Å². The maximum Gasteiger partial charge on any atom is 0.271 e. The largest absolute Gasteiger partial charge is 0.496 e. The summed E-state index contributed by atoms with van der Waals surface area (Å²) in [4.78, 5) is 12.7. The number of nitrogens with zero attached hydrogens (tertiary/aromatic N) is 4. The predicted octanol–water partition coefficient (Wildman–Crippen LogP) is 2.47. The molecule has 3 aromatic rings. The van der Waals surface area contributed by atoms with Gasteiger partial charge in [-0.3, -0.25) is 19.7 Å². The van der Waals surface area contributed by atoms with Crippen molar-refractivity contribution in [3.8, 4) is 11.5 Å². The number of rotatable bonds is 5. The van der Waals surface area contributed by atoms with Crippen LogP contribution in [0.2, 0.25) is 0 Å². The highest BCUT2D eigenvalue weighted by atomic mass is 16.6. The molecule has 1 N–H and O–H groups in total. The van der Waals surface area contributed by atoms with Gasteiger partial charge in [0, 0.05) is 41.7 Å². The molecule has 0 saturated carbocycles. The summed E-state index contributed by atoms with van der Waals surface area (Å²) < 4.78 is 12.6. The lowest BCUT2D eigenvalue weighted by Crippen LogP contribution is -2.35. The van der Waals surface area contributed by atoms with E-state index in [1.165, 1.54) is 12.1 Å². The van der Waals surface area contributed by atoms with Crippen LogP contribution in [0.5, 0.6) is 11.5 Å². The Morgan fingerprint density at radius 1 is 1.25 bits per heavy atom. The van der Waals surface area contributed by atoms with Gasteiger partial charge in [0.25, 0.3) is 5.69 Å². The van der Waals surface area contributed by atoms with E-state index in [0.717, 1.165) is 16.5 Å². The van der Waals surface area contributed by atoms with Crippen molar-refractivity contribution < 1.29 is 19.5 Å².